The highest BCUT2D eigenvalue weighted by Crippen LogP contribution is 2.21. The van der Waals surface area contributed by atoms with Crippen molar-refractivity contribution >= 4 is 28.3 Å². The van der Waals surface area contributed by atoms with E-state index in [1.165, 1.54) is 11.3 Å². The highest BCUT2D eigenvalue weighted by Gasteiger charge is 2.34. The molecule has 1 aromatic heterocycles. The molecule has 5 nitrogen and oxygen atoms in total. The van der Waals surface area contributed by atoms with E-state index >= 15 is 0 Å². The number of carbonyl (C=O) groups is 2. The summed E-state index contributed by atoms with van der Waals surface area (Å²) < 4.78 is 0. The predicted molar refractivity (Wildman–Crippen MR) is 70.3 cm³/mol. The first-order valence-corrected chi connectivity index (χ1v) is 6.92. The van der Waals surface area contributed by atoms with Crippen LogP contribution in [-0.2, 0) is 9.59 Å². The molecule has 0 saturated carbocycles. The Labute approximate surface area is 110 Å². The number of aromatic nitrogens is 1. The van der Waals surface area contributed by atoms with E-state index in [0.717, 1.165) is 6.54 Å². The lowest BCUT2D eigenvalue weighted by atomic mass is 10.1. The fraction of sp³-hybridized carbons (Fsp3) is 0.583. The second-order valence-corrected chi connectivity index (χ2v) is 5.81. The Morgan fingerprint density at radius 2 is 2.44 bits per heavy atom. The summed E-state index contributed by atoms with van der Waals surface area (Å²) in [6.07, 6.45) is 1.95. The number of hydrogen-bond donors (Lipinski definition) is 1. The first kappa shape index (κ1) is 13.0. The first-order valence-electron chi connectivity index (χ1n) is 6.04. The molecule has 6 heteroatoms. The van der Waals surface area contributed by atoms with Crippen molar-refractivity contribution in [3.05, 3.63) is 11.6 Å². The molecule has 2 rings (SSSR count). The van der Waals surface area contributed by atoms with Crippen LogP contribution in [0.2, 0.25) is 0 Å². The van der Waals surface area contributed by atoms with Crippen LogP contribution < -0.4 is 5.32 Å². The zero-order valence-corrected chi connectivity index (χ0v) is 11.4. The van der Waals surface area contributed by atoms with Crippen molar-refractivity contribution in [2.24, 2.45) is 11.8 Å². The quantitative estimate of drug-likeness (QED) is 0.901. The number of carbonyl (C=O) groups excluding carboxylic acids is 2. The zero-order chi connectivity index (χ0) is 13.1. The van der Waals surface area contributed by atoms with Gasteiger partial charge in [-0.3, -0.25) is 9.59 Å². The second kappa shape index (κ2) is 5.48. The summed E-state index contributed by atoms with van der Waals surface area (Å²) in [5.74, 6) is 0.141. The van der Waals surface area contributed by atoms with Crippen LogP contribution >= 0.6 is 11.3 Å². The van der Waals surface area contributed by atoms with Gasteiger partial charge in [0.05, 0.1) is 5.92 Å². The minimum absolute atomic E-state index is 0.0722. The molecular formula is C12H17N3O2S. The van der Waals surface area contributed by atoms with E-state index in [1.807, 2.05) is 0 Å². The minimum Gasteiger partial charge on any atom is -0.342 e. The molecule has 1 saturated heterocycles. The highest BCUT2D eigenvalue weighted by atomic mass is 32.1. The molecule has 1 fully saturated rings. The lowest BCUT2D eigenvalue weighted by Crippen LogP contribution is -2.31. The minimum atomic E-state index is -0.250. The fourth-order valence-corrected chi connectivity index (χ4v) is 2.59. The standard InChI is InChI=1S/C12H17N3O2S/c1-8(2)6-15-7-9(5-10(15)16)11(17)14-12-13-3-4-18-12/h3-4,8-9H,5-7H2,1-2H3,(H,13,14,17)/t9-/m0/s1. The summed E-state index contributed by atoms with van der Waals surface area (Å²) in [7, 11) is 0. The van der Waals surface area contributed by atoms with Crippen molar-refractivity contribution < 1.29 is 9.59 Å². The summed E-state index contributed by atoms with van der Waals surface area (Å²) in [6.45, 7) is 5.38. The third-order valence-corrected chi connectivity index (χ3v) is 3.52. The normalized spacial score (nSPS) is 19.6. The molecule has 98 valence electrons. The molecule has 2 amide bonds. The number of likely N-dealkylation sites (tertiary alicyclic amines) is 1. The van der Waals surface area contributed by atoms with E-state index in [0.29, 0.717) is 24.0 Å². The molecule has 1 N–H and O–H groups in total. The molecule has 1 aromatic rings. The van der Waals surface area contributed by atoms with Gasteiger partial charge >= 0.3 is 0 Å². The van der Waals surface area contributed by atoms with Gasteiger partial charge in [0.15, 0.2) is 5.13 Å². The van der Waals surface area contributed by atoms with Crippen molar-refractivity contribution in [1.82, 2.24) is 9.88 Å². The lowest BCUT2D eigenvalue weighted by Gasteiger charge is -2.18. The Morgan fingerprint density at radius 3 is 3.06 bits per heavy atom. The zero-order valence-electron chi connectivity index (χ0n) is 10.5. The fourth-order valence-electron chi connectivity index (χ4n) is 2.06. The third-order valence-electron chi connectivity index (χ3n) is 2.83. The van der Waals surface area contributed by atoms with Gasteiger partial charge in [-0.05, 0) is 5.92 Å². The van der Waals surface area contributed by atoms with Gasteiger partial charge in [-0.25, -0.2) is 4.98 Å². The maximum atomic E-state index is 12.0. The molecule has 0 spiro atoms. The van der Waals surface area contributed by atoms with E-state index in [-0.39, 0.29) is 17.7 Å². The van der Waals surface area contributed by atoms with Crippen LogP contribution in [0.3, 0.4) is 0 Å². The monoisotopic (exact) mass is 267 g/mol. The molecule has 18 heavy (non-hydrogen) atoms. The largest absolute Gasteiger partial charge is 0.342 e. The maximum Gasteiger partial charge on any atom is 0.231 e. The maximum absolute atomic E-state index is 12.0. The van der Waals surface area contributed by atoms with Gasteiger partial charge in [0, 0.05) is 31.1 Å². The summed E-state index contributed by atoms with van der Waals surface area (Å²) in [5.41, 5.74) is 0. The van der Waals surface area contributed by atoms with Gasteiger partial charge in [-0.15, -0.1) is 11.3 Å². The number of hydrogen-bond acceptors (Lipinski definition) is 4. The van der Waals surface area contributed by atoms with Crippen LogP contribution in [0.5, 0.6) is 0 Å². The number of nitrogens with zero attached hydrogens (tertiary/aromatic N) is 2. The number of amides is 2. The van der Waals surface area contributed by atoms with E-state index in [2.05, 4.69) is 24.1 Å². The summed E-state index contributed by atoms with van der Waals surface area (Å²) in [5, 5.41) is 5.15. The summed E-state index contributed by atoms with van der Waals surface area (Å²) in [6, 6.07) is 0. The summed E-state index contributed by atoms with van der Waals surface area (Å²) in [4.78, 5) is 29.5. The Bertz CT molecular complexity index is 431. The third kappa shape index (κ3) is 3.07. The lowest BCUT2D eigenvalue weighted by molar-refractivity contribution is -0.128. The van der Waals surface area contributed by atoms with Gasteiger partial charge in [0.2, 0.25) is 11.8 Å². The van der Waals surface area contributed by atoms with Gasteiger partial charge < -0.3 is 10.2 Å². The van der Waals surface area contributed by atoms with Crippen LogP contribution in [0.4, 0.5) is 5.13 Å². The topological polar surface area (TPSA) is 62.3 Å². The van der Waals surface area contributed by atoms with Crippen molar-refractivity contribution in [2.45, 2.75) is 20.3 Å². The Balaban J connectivity index is 1.91. The smallest absolute Gasteiger partial charge is 0.231 e. The second-order valence-electron chi connectivity index (χ2n) is 4.92. The van der Waals surface area contributed by atoms with Crippen molar-refractivity contribution in [2.75, 3.05) is 18.4 Å². The average molecular weight is 267 g/mol. The molecule has 1 aliphatic rings. The molecule has 0 unspecified atom stereocenters. The van der Waals surface area contributed by atoms with E-state index in [4.69, 9.17) is 0 Å². The number of thiazole rings is 1. The van der Waals surface area contributed by atoms with Crippen LogP contribution in [0.25, 0.3) is 0 Å². The molecule has 0 bridgehead atoms. The molecule has 0 aromatic carbocycles. The van der Waals surface area contributed by atoms with Gasteiger partial charge in [-0.1, -0.05) is 13.8 Å². The van der Waals surface area contributed by atoms with Gasteiger partial charge in [-0.2, -0.15) is 0 Å². The van der Waals surface area contributed by atoms with Gasteiger partial charge in [0.25, 0.3) is 0 Å². The van der Waals surface area contributed by atoms with Crippen LogP contribution in [0, 0.1) is 11.8 Å². The van der Waals surface area contributed by atoms with E-state index < -0.39 is 0 Å². The average Bonchev–Trinajstić information content (AvgIpc) is 2.89. The van der Waals surface area contributed by atoms with Crippen LogP contribution in [-0.4, -0.2) is 34.8 Å². The molecular weight excluding hydrogens is 250 g/mol. The molecule has 2 heterocycles. The Kier molecular flexibility index (Phi) is 3.96. The van der Waals surface area contributed by atoms with Crippen molar-refractivity contribution in [3.63, 3.8) is 0 Å². The number of nitrogens with one attached hydrogen (secondary N) is 1. The Morgan fingerprint density at radius 1 is 1.67 bits per heavy atom. The van der Waals surface area contributed by atoms with Crippen LogP contribution in [0.15, 0.2) is 11.6 Å². The number of rotatable bonds is 4. The Hall–Kier alpha value is -1.43. The number of anilines is 1. The molecule has 1 aliphatic heterocycles. The predicted octanol–water partition coefficient (Wildman–Crippen LogP) is 1.59. The van der Waals surface area contributed by atoms with Crippen LogP contribution in [0.1, 0.15) is 20.3 Å². The van der Waals surface area contributed by atoms with Crippen molar-refractivity contribution in [1.29, 1.82) is 0 Å². The van der Waals surface area contributed by atoms with E-state index in [9.17, 15) is 9.59 Å². The molecule has 0 aliphatic carbocycles. The summed E-state index contributed by atoms with van der Waals surface area (Å²) >= 11 is 1.38. The first-order chi connectivity index (χ1) is 8.56. The SMILES string of the molecule is CC(C)CN1C[C@@H](C(=O)Nc2nccs2)CC1=O. The van der Waals surface area contributed by atoms with E-state index in [1.54, 1.807) is 16.5 Å². The molecule has 0 radical (unpaired) electrons. The van der Waals surface area contributed by atoms with Crippen molar-refractivity contribution in [3.8, 4) is 0 Å². The van der Waals surface area contributed by atoms with Gasteiger partial charge in [0.1, 0.15) is 0 Å². The molecule has 1 atom stereocenters. The highest BCUT2D eigenvalue weighted by molar-refractivity contribution is 7.13.